The van der Waals surface area contributed by atoms with Crippen LogP contribution in [-0.2, 0) is 6.54 Å². The van der Waals surface area contributed by atoms with Crippen LogP contribution in [0.5, 0.6) is 0 Å². The van der Waals surface area contributed by atoms with Crippen LogP contribution >= 0.6 is 11.8 Å². The van der Waals surface area contributed by atoms with Gasteiger partial charge in [0.15, 0.2) is 5.96 Å². The zero-order valence-corrected chi connectivity index (χ0v) is 14.6. The molecule has 1 aliphatic heterocycles. The van der Waals surface area contributed by atoms with Crippen molar-refractivity contribution in [1.29, 1.82) is 0 Å². The quantitative estimate of drug-likeness (QED) is 0.694. The van der Waals surface area contributed by atoms with Gasteiger partial charge in [-0.15, -0.1) is 0 Å². The van der Waals surface area contributed by atoms with Gasteiger partial charge >= 0.3 is 0 Å². The number of aromatic nitrogens is 1. The van der Waals surface area contributed by atoms with Gasteiger partial charge in [-0.3, -0.25) is 9.98 Å². The Hall–Kier alpha value is -1.75. The highest BCUT2D eigenvalue weighted by Gasteiger charge is 2.21. The van der Waals surface area contributed by atoms with Crippen LogP contribution < -0.4 is 5.32 Å². The maximum Gasteiger partial charge on any atom is 0.194 e. The number of benzene rings is 1. The highest BCUT2D eigenvalue weighted by atomic mass is 32.2. The number of rotatable bonds is 3. The summed E-state index contributed by atoms with van der Waals surface area (Å²) in [6.45, 7) is 5.10. The predicted molar refractivity (Wildman–Crippen MR) is 100 cm³/mol. The minimum Gasteiger partial charge on any atom is -0.351 e. The Labute approximate surface area is 142 Å². The number of hydrogen-bond acceptors (Lipinski definition) is 3. The molecule has 1 saturated heterocycles. The molecule has 0 saturated carbocycles. The lowest BCUT2D eigenvalue weighted by molar-refractivity contribution is 0.408. The van der Waals surface area contributed by atoms with Crippen LogP contribution in [0.3, 0.4) is 0 Å². The zero-order valence-electron chi connectivity index (χ0n) is 13.8. The standard InChI is InChI=1S/C18H24N4S/c1-3-15-13-22(10-11-23-15)18(19-2)21-12-17-16-7-5-4-6-14(16)8-9-20-17/h4-9,15H,3,10-13H2,1-2H3,(H,19,21). The molecule has 1 unspecified atom stereocenters. The number of fused-ring (bicyclic) bond motifs is 1. The van der Waals surface area contributed by atoms with Crippen molar-refractivity contribution in [2.75, 3.05) is 25.9 Å². The summed E-state index contributed by atoms with van der Waals surface area (Å²) in [4.78, 5) is 11.4. The molecule has 0 radical (unpaired) electrons. The lowest BCUT2D eigenvalue weighted by Gasteiger charge is -2.34. The van der Waals surface area contributed by atoms with Crippen molar-refractivity contribution >= 4 is 28.5 Å². The summed E-state index contributed by atoms with van der Waals surface area (Å²) < 4.78 is 0. The molecule has 0 amide bonds. The van der Waals surface area contributed by atoms with E-state index in [1.54, 1.807) is 0 Å². The molecule has 122 valence electrons. The molecule has 1 fully saturated rings. The maximum absolute atomic E-state index is 4.55. The fourth-order valence-electron chi connectivity index (χ4n) is 2.98. The third-order valence-electron chi connectivity index (χ3n) is 4.28. The topological polar surface area (TPSA) is 40.5 Å². The van der Waals surface area contributed by atoms with Gasteiger partial charge in [0.1, 0.15) is 0 Å². The van der Waals surface area contributed by atoms with Crippen molar-refractivity contribution in [3.05, 3.63) is 42.2 Å². The van der Waals surface area contributed by atoms with E-state index in [1.165, 1.54) is 22.9 Å². The SMILES string of the molecule is CCC1CN(C(=NC)NCc2nccc3ccccc23)CCS1. The summed E-state index contributed by atoms with van der Waals surface area (Å²) in [6.07, 6.45) is 3.09. The molecule has 1 N–H and O–H groups in total. The van der Waals surface area contributed by atoms with E-state index < -0.39 is 0 Å². The summed E-state index contributed by atoms with van der Waals surface area (Å²) >= 11 is 2.07. The van der Waals surface area contributed by atoms with Crippen LogP contribution in [-0.4, -0.2) is 47.0 Å². The van der Waals surface area contributed by atoms with Crippen LogP contribution in [0.1, 0.15) is 19.0 Å². The first-order valence-electron chi connectivity index (χ1n) is 8.21. The molecule has 4 nitrogen and oxygen atoms in total. The van der Waals surface area contributed by atoms with E-state index in [-0.39, 0.29) is 0 Å². The first-order chi connectivity index (χ1) is 11.3. The van der Waals surface area contributed by atoms with E-state index in [1.807, 2.05) is 13.2 Å². The largest absolute Gasteiger partial charge is 0.351 e. The van der Waals surface area contributed by atoms with Crippen LogP contribution in [0.25, 0.3) is 10.8 Å². The van der Waals surface area contributed by atoms with Gasteiger partial charge in [-0.05, 0) is 17.9 Å². The van der Waals surface area contributed by atoms with Crippen molar-refractivity contribution in [2.24, 2.45) is 4.99 Å². The van der Waals surface area contributed by atoms with Gasteiger partial charge in [-0.1, -0.05) is 31.2 Å². The zero-order chi connectivity index (χ0) is 16.1. The second-order valence-corrected chi connectivity index (χ2v) is 7.13. The fourth-order valence-corrected chi connectivity index (χ4v) is 4.16. The molecule has 1 aromatic carbocycles. The lowest BCUT2D eigenvalue weighted by Crippen LogP contribution is -2.47. The Morgan fingerprint density at radius 3 is 3.09 bits per heavy atom. The monoisotopic (exact) mass is 328 g/mol. The van der Waals surface area contributed by atoms with E-state index in [0.29, 0.717) is 11.8 Å². The number of thioether (sulfide) groups is 1. The van der Waals surface area contributed by atoms with Crippen LogP contribution in [0.4, 0.5) is 0 Å². The average Bonchev–Trinajstić information content (AvgIpc) is 2.62. The predicted octanol–water partition coefficient (Wildman–Crippen LogP) is 3.14. The molecular weight excluding hydrogens is 304 g/mol. The highest BCUT2D eigenvalue weighted by molar-refractivity contribution is 8.00. The van der Waals surface area contributed by atoms with Crippen molar-refractivity contribution in [1.82, 2.24) is 15.2 Å². The maximum atomic E-state index is 4.55. The number of nitrogens with one attached hydrogen (secondary N) is 1. The Bertz CT molecular complexity index is 680. The first kappa shape index (κ1) is 16.1. The van der Waals surface area contributed by atoms with Crippen LogP contribution in [0.2, 0.25) is 0 Å². The number of hydrogen-bond donors (Lipinski definition) is 1. The second kappa shape index (κ2) is 7.68. The number of pyridine rings is 1. The number of nitrogens with zero attached hydrogens (tertiary/aromatic N) is 3. The van der Waals surface area contributed by atoms with Gasteiger partial charge in [0.05, 0.1) is 12.2 Å². The van der Waals surface area contributed by atoms with E-state index >= 15 is 0 Å². The van der Waals surface area contributed by atoms with Gasteiger partial charge in [0, 0.05) is 42.7 Å². The lowest BCUT2D eigenvalue weighted by atomic mass is 10.1. The van der Waals surface area contributed by atoms with Crippen molar-refractivity contribution in [3.8, 4) is 0 Å². The average molecular weight is 328 g/mol. The smallest absolute Gasteiger partial charge is 0.194 e. The molecule has 3 rings (SSSR count). The van der Waals surface area contributed by atoms with Crippen LogP contribution in [0, 0.1) is 0 Å². The Morgan fingerprint density at radius 1 is 1.39 bits per heavy atom. The van der Waals surface area contributed by atoms with Gasteiger partial charge in [-0.25, -0.2) is 0 Å². The Balaban J connectivity index is 1.70. The van der Waals surface area contributed by atoms with Gasteiger partial charge in [0.25, 0.3) is 0 Å². The molecule has 1 atom stereocenters. The number of aliphatic imine (C=N–C) groups is 1. The first-order valence-corrected chi connectivity index (χ1v) is 9.26. The summed E-state index contributed by atoms with van der Waals surface area (Å²) in [7, 11) is 1.86. The second-order valence-electron chi connectivity index (χ2n) is 5.73. The van der Waals surface area contributed by atoms with Gasteiger partial charge in [-0.2, -0.15) is 11.8 Å². The molecule has 2 heterocycles. The molecule has 5 heteroatoms. The van der Waals surface area contributed by atoms with E-state index in [4.69, 9.17) is 0 Å². The molecule has 23 heavy (non-hydrogen) atoms. The Morgan fingerprint density at radius 2 is 2.26 bits per heavy atom. The molecule has 1 aromatic heterocycles. The normalized spacial score (nSPS) is 19.1. The van der Waals surface area contributed by atoms with Gasteiger partial charge in [0.2, 0.25) is 0 Å². The van der Waals surface area contributed by atoms with E-state index in [2.05, 4.69) is 69.2 Å². The molecule has 2 aromatic rings. The van der Waals surface area contributed by atoms with Crippen molar-refractivity contribution in [2.45, 2.75) is 25.1 Å². The molecule has 1 aliphatic rings. The fraction of sp³-hybridized carbons (Fsp3) is 0.444. The third kappa shape index (κ3) is 3.78. The third-order valence-corrected chi connectivity index (χ3v) is 5.65. The molecular formula is C18H24N4S. The summed E-state index contributed by atoms with van der Waals surface area (Å²) in [6, 6.07) is 10.4. The number of guanidine groups is 1. The van der Waals surface area contributed by atoms with E-state index in [9.17, 15) is 0 Å². The van der Waals surface area contributed by atoms with Crippen molar-refractivity contribution in [3.63, 3.8) is 0 Å². The summed E-state index contributed by atoms with van der Waals surface area (Å²) in [5.74, 6) is 2.16. The van der Waals surface area contributed by atoms with Crippen LogP contribution in [0.15, 0.2) is 41.5 Å². The molecule has 0 bridgehead atoms. The van der Waals surface area contributed by atoms with Crippen molar-refractivity contribution < 1.29 is 0 Å². The minimum absolute atomic E-state index is 0.703. The molecule has 0 aliphatic carbocycles. The van der Waals surface area contributed by atoms with E-state index in [0.717, 1.165) is 24.7 Å². The minimum atomic E-state index is 0.703. The summed E-state index contributed by atoms with van der Waals surface area (Å²) in [5, 5.41) is 6.64. The van der Waals surface area contributed by atoms with Gasteiger partial charge < -0.3 is 10.2 Å². The Kier molecular flexibility index (Phi) is 5.39. The molecule has 0 spiro atoms. The summed E-state index contributed by atoms with van der Waals surface area (Å²) in [5.41, 5.74) is 1.07. The highest BCUT2D eigenvalue weighted by Crippen LogP contribution is 2.21.